The molecule has 1 fully saturated rings. The molecular formula is C16H34N2. The lowest BCUT2D eigenvalue weighted by Crippen LogP contribution is -2.45. The second-order valence-corrected chi connectivity index (χ2v) is 6.47. The van der Waals surface area contributed by atoms with Gasteiger partial charge in [0, 0.05) is 13.1 Å². The Hall–Kier alpha value is -0.0800. The second-order valence-electron chi connectivity index (χ2n) is 6.47. The number of piperidine rings is 1. The topological polar surface area (TPSA) is 15.3 Å². The van der Waals surface area contributed by atoms with Gasteiger partial charge in [0.25, 0.3) is 0 Å². The molecule has 0 aromatic rings. The summed E-state index contributed by atoms with van der Waals surface area (Å²) < 4.78 is 0. The normalized spacial score (nSPS) is 22.0. The highest BCUT2D eigenvalue weighted by Gasteiger charge is 2.27. The monoisotopic (exact) mass is 254 g/mol. The van der Waals surface area contributed by atoms with Crippen molar-refractivity contribution in [3.05, 3.63) is 0 Å². The summed E-state index contributed by atoms with van der Waals surface area (Å²) in [5.74, 6) is 0.993. The third-order valence-corrected chi connectivity index (χ3v) is 4.72. The van der Waals surface area contributed by atoms with Crippen LogP contribution in [0.5, 0.6) is 0 Å². The molecule has 2 heteroatoms. The first kappa shape index (κ1) is 16.0. The first-order valence-electron chi connectivity index (χ1n) is 8.06. The Kier molecular flexibility index (Phi) is 7.25. The van der Waals surface area contributed by atoms with Gasteiger partial charge in [-0.15, -0.1) is 0 Å². The summed E-state index contributed by atoms with van der Waals surface area (Å²) in [5, 5.41) is 3.61. The molecule has 0 saturated carbocycles. The maximum Gasteiger partial charge on any atom is 0.00474 e. The molecule has 0 spiro atoms. The first-order chi connectivity index (χ1) is 8.63. The van der Waals surface area contributed by atoms with Gasteiger partial charge in [0.05, 0.1) is 0 Å². The molecule has 18 heavy (non-hydrogen) atoms. The minimum Gasteiger partial charge on any atom is -0.316 e. The molecule has 1 aliphatic rings. The van der Waals surface area contributed by atoms with Crippen molar-refractivity contribution in [2.24, 2.45) is 11.3 Å². The molecule has 0 radical (unpaired) electrons. The van der Waals surface area contributed by atoms with Gasteiger partial charge in [-0.1, -0.05) is 34.1 Å². The van der Waals surface area contributed by atoms with E-state index in [9.17, 15) is 0 Å². The molecule has 108 valence electrons. The summed E-state index contributed by atoms with van der Waals surface area (Å²) in [6.07, 6.45) is 6.72. The van der Waals surface area contributed by atoms with E-state index in [1.54, 1.807) is 0 Å². The zero-order valence-corrected chi connectivity index (χ0v) is 13.1. The number of nitrogens with zero attached hydrogens (tertiary/aromatic N) is 1. The summed E-state index contributed by atoms with van der Waals surface area (Å²) in [4.78, 5) is 2.70. The Balaban J connectivity index is 2.33. The van der Waals surface area contributed by atoms with Crippen LogP contribution in [0.25, 0.3) is 0 Å². The SMILES string of the molecule is CCCNCC(C)(CC)CN1CCC(CC)CC1. The van der Waals surface area contributed by atoms with Gasteiger partial charge in [0.15, 0.2) is 0 Å². The molecule has 1 atom stereocenters. The fourth-order valence-electron chi connectivity index (χ4n) is 2.95. The van der Waals surface area contributed by atoms with E-state index >= 15 is 0 Å². The highest BCUT2D eigenvalue weighted by molar-refractivity contribution is 4.82. The van der Waals surface area contributed by atoms with E-state index in [4.69, 9.17) is 0 Å². The third kappa shape index (κ3) is 5.27. The fraction of sp³-hybridized carbons (Fsp3) is 1.00. The van der Waals surface area contributed by atoms with E-state index in [1.807, 2.05) is 0 Å². The summed E-state index contributed by atoms with van der Waals surface area (Å²) in [6, 6.07) is 0. The van der Waals surface area contributed by atoms with Crippen molar-refractivity contribution >= 4 is 0 Å². The van der Waals surface area contributed by atoms with Crippen LogP contribution in [0.2, 0.25) is 0 Å². The number of hydrogen-bond donors (Lipinski definition) is 1. The zero-order valence-electron chi connectivity index (χ0n) is 13.1. The average molecular weight is 254 g/mol. The van der Waals surface area contributed by atoms with Crippen LogP contribution in [0.3, 0.4) is 0 Å². The van der Waals surface area contributed by atoms with Gasteiger partial charge < -0.3 is 10.2 Å². The van der Waals surface area contributed by atoms with Crippen molar-refractivity contribution in [3.8, 4) is 0 Å². The summed E-state index contributed by atoms with van der Waals surface area (Å²) in [6.45, 7) is 15.6. The van der Waals surface area contributed by atoms with Crippen LogP contribution < -0.4 is 5.32 Å². The van der Waals surface area contributed by atoms with Gasteiger partial charge >= 0.3 is 0 Å². The molecule has 1 N–H and O–H groups in total. The number of nitrogens with one attached hydrogen (secondary N) is 1. The maximum atomic E-state index is 3.61. The van der Waals surface area contributed by atoms with Crippen molar-refractivity contribution in [1.29, 1.82) is 0 Å². The van der Waals surface area contributed by atoms with Crippen molar-refractivity contribution in [2.45, 2.75) is 59.8 Å². The second kappa shape index (κ2) is 8.16. The summed E-state index contributed by atoms with van der Waals surface area (Å²) >= 11 is 0. The maximum absolute atomic E-state index is 3.61. The van der Waals surface area contributed by atoms with Gasteiger partial charge in [0.1, 0.15) is 0 Å². The van der Waals surface area contributed by atoms with E-state index in [2.05, 4.69) is 37.9 Å². The molecule has 1 unspecified atom stereocenters. The Morgan fingerprint density at radius 1 is 1.17 bits per heavy atom. The zero-order chi connectivity index (χ0) is 13.4. The smallest absolute Gasteiger partial charge is 0.00474 e. The summed E-state index contributed by atoms with van der Waals surface area (Å²) in [5.41, 5.74) is 0.453. The highest BCUT2D eigenvalue weighted by atomic mass is 15.1. The minimum absolute atomic E-state index is 0.453. The Labute approximate surface area is 115 Å². The van der Waals surface area contributed by atoms with Gasteiger partial charge in [-0.05, 0) is 56.7 Å². The number of hydrogen-bond acceptors (Lipinski definition) is 2. The molecular weight excluding hydrogens is 220 g/mol. The fourth-order valence-corrected chi connectivity index (χ4v) is 2.95. The van der Waals surface area contributed by atoms with Crippen molar-refractivity contribution in [2.75, 3.05) is 32.7 Å². The lowest BCUT2D eigenvalue weighted by atomic mass is 9.85. The van der Waals surface area contributed by atoms with Gasteiger partial charge in [-0.2, -0.15) is 0 Å². The van der Waals surface area contributed by atoms with Gasteiger partial charge in [-0.3, -0.25) is 0 Å². The molecule has 1 aliphatic heterocycles. The van der Waals surface area contributed by atoms with Crippen LogP contribution >= 0.6 is 0 Å². The quantitative estimate of drug-likeness (QED) is 0.667. The molecule has 0 aliphatic carbocycles. The van der Waals surface area contributed by atoms with E-state index in [1.165, 1.54) is 58.3 Å². The Bertz CT molecular complexity index is 209. The molecule has 1 rings (SSSR count). The van der Waals surface area contributed by atoms with E-state index in [0.29, 0.717) is 5.41 Å². The summed E-state index contributed by atoms with van der Waals surface area (Å²) in [7, 11) is 0. The predicted octanol–water partition coefficient (Wildman–Crippen LogP) is 3.52. The van der Waals surface area contributed by atoms with Crippen molar-refractivity contribution in [3.63, 3.8) is 0 Å². The van der Waals surface area contributed by atoms with Crippen molar-refractivity contribution in [1.82, 2.24) is 10.2 Å². The molecule has 2 nitrogen and oxygen atoms in total. The minimum atomic E-state index is 0.453. The molecule has 0 aromatic carbocycles. The lowest BCUT2D eigenvalue weighted by Gasteiger charge is -2.39. The van der Waals surface area contributed by atoms with Crippen LogP contribution in [0, 0.1) is 11.3 Å². The van der Waals surface area contributed by atoms with Crippen LogP contribution in [-0.2, 0) is 0 Å². The third-order valence-electron chi connectivity index (χ3n) is 4.72. The predicted molar refractivity (Wildman–Crippen MR) is 81.0 cm³/mol. The van der Waals surface area contributed by atoms with E-state index < -0.39 is 0 Å². The first-order valence-corrected chi connectivity index (χ1v) is 8.06. The molecule has 1 heterocycles. The van der Waals surface area contributed by atoms with Crippen LogP contribution in [-0.4, -0.2) is 37.6 Å². The van der Waals surface area contributed by atoms with Crippen molar-refractivity contribution < 1.29 is 0 Å². The largest absolute Gasteiger partial charge is 0.316 e. The van der Waals surface area contributed by atoms with Crippen LogP contribution in [0.1, 0.15) is 59.8 Å². The van der Waals surface area contributed by atoms with Crippen LogP contribution in [0.15, 0.2) is 0 Å². The van der Waals surface area contributed by atoms with E-state index in [-0.39, 0.29) is 0 Å². The van der Waals surface area contributed by atoms with Gasteiger partial charge in [-0.25, -0.2) is 0 Å². The lowest BCUT2D eigenvalue weighted by molar-refractivity contribution is 0.113. The van der Waals surface area contributed by atoms with E-state index in [0.717, 1.165) is 12.5 Å². The average Bonchev–Trinajstić information content (AvgIpc) is 2.40. The molecule has 0 amide bonds. The molecule has 1 saturated heterocycles. The standard InChI is InChI=1S/C16H34N2/c1-5-10-17-13-16(4,7-3)14-18-11-8-15(6-2)9-12-18/h15,17H,5-14H2,1-4H3. The number of likely N-dealkylation sites (tertiary alicyclic amines) is 1. The Morgan fingerprint density at radius 2 is 1.83 bits per heavy atom. The van der Waals surface area contributed by atoms with Crippen LogP contribution in [0.4, 0.5) is 0 Å². The molecule has 0 aromatic heterocycles. The molecule has 0 bridgehead atoms. The highest BCUT2D eigenvalue weighted by Crippen LogP contribution is 2.26. The Morgan fingerprint density at radius 3 is 2.33 bits per heavy atom. The number of rotatable bonds is 8. The van der Waals surface area contributed by atoms with Gasteiger partial charge in [0.2, 0.25) is 0 Å².